The van der Waals surface area contributed by atoms with E-state index in [-0.39, 0.29) is 34.7 Å². The smallest absolute Gasteiger partial charge is 0.389 e. The third-order valence-electron chi connectivity index (χ3n) is 7.24. The fourth-order valence-corrected chi connectivity index (χ4v) is 6.03. The van der Waals surface area contributed by atoms with Gasteiger partial charge in [0.1, 0.15) is 0 Å². The molecule has 35 heavy (non-hydrogen) atoms. The summed E-state index contributed by atoms with van der Waals surface area (Å²) < 4.78 is 82.4. The molecule has 0 bridgehead atoms. The lowest BCUT2D eigenvalue weighted by Crippen LogP contribution is -2.56. The largest absolute Gasteiger partial charge is 0.418 e. The Balaban J connectivity index is 1.61. The van der Waals surface area contributed by atoms with E-state index >= 15 is 0 Å². The van der Waals surface area contributed by atoms with Crippen LogP contribution in [0.5, 0.6) is 0 Å². The highest BCUT2D eigenvalue weighted by Crippen LogP contribution is 2.45. The molecule has 2 fully saturated rings. The molecule has 2 aliphatic heterocycles. The molecule has 10 heteroatoms. The molecule has 2 saturated heterocycles. The fraction of sp³-hybridized carbons (Fsp3) is 0.520. The highest BCUT2D eigenvalue weighted by Gasteiger charge is 2.46. The van der Waals surface area contributed by atoms with E-state index in [9.17, 15) is 31.4 Å². The van der Waals surface area contributed by atoms with Gasteiger partial charge in [0, 0.05) is 48.3 Å². The van der Waals surface area contributed by atoms with Crippen LogP contribution in [0.25, 0.3) is 0 Å². The predicted octanol–water partition coefficient (Wildman–Crippen LogP) is 6.70. The Morgan fingerprint density at radius 1 is 0.943 bits per heavy atom. The first kappa shape index (κ1) is 26.3. The van der Waals surface area contributed by atoms with E-state index in [0.29, 0.717) is 26.1 Å². The third-order valence-corrected chi connectivity index (χ3v) is 7.90. The molecule has 2 aromatic rings. The summed E-state index contributed by atoms with van der Waals surface area (Å²) in [4.78, 5) is 3.76. The predicted molar refractivity (Wildman–Crippen MR) is 125 cm³/mol. The van der Waals surface area contributed by atoms with Crippen LogP contribution in [0.15, 0.2) is 46.9 Å². The minimum absolute atomic E-state index is 0.0247. The number of para-hydroxylation sites is 1. The Labute approximate surface area is 208 Å². The molecule has 0 spiro atoms. The lowest BCUT2D eigenvalue weighted by Gasteiger charge is -2.48. The van der Waals surface area contributed by atoms with Crippen LogP contribution in [0.3, 0.4) is 0 Å². The van der Waals surface area contributed by atoms with E-state index in [4.69, 9.17) is 0 Å². The zero-order chi connectivity index (χ0) is 25.6. The summed E-state index contributed by atoms with van der Waals surface area (Å²) in [7, 11) is 0. The highest BCUT2D eigenvalue weighted by atomic mass is 79.9. The van der Waals surface area contributed by atoms with Crippen molar-refractivity contribution in [2.24, 2.45) is 0 Å². The Hall–Kier alpha value is -1.78. The summed E-state index contributed by atoms with van der Waals surface area (Å²) in [6.45, 7) is 3.02. The van der Waals surface area contributed by atoms with Gasteiger partial charge in [-0.25, -0.2) is 0 Å². The second-order valence-electron chi connectivity index (χ2n) is 9.61. The number of nitrogens with zero attached hydrogens (tertiary/aromatic N) is 2. The number of rotatable bonds is 3. The number of hydrogen-bond acceptors (Lipinski definition) is 3. The summed E-state index contributed by atoms with van der Waals surface area (Å²) in [5.74, 6) is -0.803. The van der Waals surface area contributed by atoms with E-state index in [1.54, 1.807) is 17.9 Å². The van der Waals surface area contributed by atoms with Crippen molar-refractivity contribution in [1.82, 2.24) is 4.90 Å². The number of alkyl halides is 6. The molecule has 0 aliphatic carbocycles. The van der Waals surface area contributed by atoms with Crippen LogP contribution in [0.4, 0.5) is 32.0 Å². The molecule has 3 atom stereocenters. The van der Waals surface area contributed by atoms with Gasteiger partial charge in [0.05, 0.1) is 16.7 Å². The molecule has 192 valence electrons. The number of anilines is 1. The van der Waals surface area contributed by atoms with Crippen LogP contribution in [0, 0.1) is 0 Å². The minimum Gasteiger partial charge on any atom is -0.389 e. The molecule has 2 aromatic carbocycles. The van der Waals surface area contributed by atoms with Gasteiger partial charge >= 0.3 is 12.4 Å². The van der Waals surface area contributed by atoms with Crippen molar-refractivity contribution in [3.05, 3.63) is 63.6 Å². The van der Waals surface area contributed by atoms with E-state index in [0.717, 1.165) is 12.5 Å². The number of aliphatic hydroxyl groups is 1. The fourth-order valence-electron chi connectivity index (χ4n) is 5.42. The second-order valence-corrected chi connectivity index (χ2v) is 10.5. The van der Waals surface area contributed by atoms with E-state index < -0.39 is 35.0 Å². The molecule has 3 unspecified atom stereocenters. The van der Waals surface area contributed by atoms with Crippen molar-refractivity contribution in [2.75, 3.05) is 31.1 Å². The van der Waals surface area contributed by atoms with Gasteiger partial charge in [0.25, 0.3) is 0 Å². The molecule has 0 aromatic heterocycles. The van der Waals surface area contributed by atoms with Crippen molar-refractivity contribution in [2.45, 2.75) is 56.1 Å². The third kappa shape index (κ3) is 5.49. The van der Waals surface area contributed by atoms with Crippen LogP contribution >= 0.6 is 15.9 Å². The SMILES string of the molecule is CC1(O)CCN(C2CCCN(c3ccccc3C(F)(F)F)C2)CC1c1cccc(Br)c1C(F)(F)F. The van der Waals surface area contributed by atoms with Gasteiger partial charge in [-0.15, -0.1) is 0 Å². The van der Waals surface area contributed by atoms with Crippen LogP contribution in [-0.2, 0) is 12.4 Å². The van der Waals surface area contributed by atoms with Crippen molar-refractivity contribution in [3.63, 3.8) is 0 Å². The first-order valence-corrected chi connectivity index (χ1v) is 12.3. The molecule has 3 nitrogen and oxygen atoms in total. The van der Waals surface area contributed by atoms with Gasteiger partial charge in [-0.05, 0) is 49.9 Å². The quantitative estimate of drug-likeness (QED) is 0.420. The lowest BCUT2D eigenvalue weighted by atomic mass is 9.76. The van der Waals surface area contributed by atoms with E-state index in [1.807, 2.05) is 4.90 Å². The summed E-state index contributed by atoms with van der Waals surface area (Å²) in [6.07, 6.45) is -7.43. The number of hydrogen-bond donors (Lipinski definition) is 1. The molecular weight excluding hydrogens is 538 g/mol. The van der Waals surface area contributed by atoms with Crippen molar-refractivity contribution >= 4 is 21.6 Å². The van der Waals surface area contributed by atoms with Crippen LogP contribution < -0.4 is 4.90 Å². The summed E-state index contributed by atoms with van der Waals surface area (Å²) in [6, 6.07) is 9.60. The molecular formula is C25H27BrF6N2O. The van der Waals surface area contributed by atoms with Gasteiger partial charge in [0.15, 0.2) is 0 Å². The maximum Gasteiger partial charge on any atom is 0.418 e. The van der Waals surface area contributed by atoms with E-state index in [2.05, 4.69) is 15.9 Å². The molecule has 0 saturated carbocycles. The van der Waals surface area contributed by atoms with Gasteiger partial charge in [-0.2, -0.15) is 26.3 Å². The highest BCUT2D eigenvalue weighted by molar-refractivity contribution is 9.10. The zero-order valence-corrected chi connectivity index (χ0v) is 20.7. The average molecular weight is 565 g/mol. The molecule has 2 aliphatic rings. The maximum absolute atomic E-state index is 13.9. The van der Waals surface area contributed by atoms with Gasteiger partial charge in [-0.1, -0.05) is 40.2 Å². The van der Waals surface area contributed by atoms with Gasteiger partial charge in [-0.3, -0.25) is 4.90 Å². The maximum atomic E-state index is 13.9. The average Bonchev–Trinajstić information content (AvgIpc) is 2.77. The monoisotopic (exact) mass is 564 g/mol. The number of halogens is 7. The Morgan fingerprint density at radius 2 is 1.66 bits per heavy atom. The first-order valence-electron chi connectivity index (χ1n) is 11.5. The number of benzene rings is 2. The number of likely N-dealkylation sites (tertiary alicyclic amines) is 1. The van der Waals surface area contributed by atoms with Gasteiger partial charge < -0.3 is 10.0 Å². The van der Waals surface area contributed by atoms with Crippen molar-refractivity contribution in [1.29, 1.82) is 0 Å². The molecule has 0 amide bonds. The normalized spacial score (nSPS) is 26.7. The van der Waals surface area contributed by atoms with E-state index in [1.165, 1.54) is 30.3 Å². The van der Waals surface area contributed by atoms with Crippen LogP contribution in [-0.4, -0.2) is 47.8 Å². The molecule has 1 N–H and O–H groups in total. The summed E-state index contributed by atoms with van der Waals surface area (Å²) in [5.41, 5.74) is -2.69. The standard InChI is InChI=1S/C25H27BrF6N2O/c1-23(35)11-13-33(15-19(23)17-7-4-9-20(26)22(17)25(30,31)32)16-6-5-12-34(14-16)21-10-3-2-8-18(21)24(27,28)29/h2-4,7-10,16,19,35H,5-6,11-15H2,1H3. The first-order chi connectivity index (χ1) is 16.3. The zero-order valence-electron chi connectivity index (χ0n) is 19.1. The molecule has 0 radical (unpaired) electrons. The Kier molecular flexibility index (Phi) is 7.20. The van der Waals surface area contributed by atoms with Crippen molar-refractivity contribution in [3.8, 4) is 0 Å². The van der Waals surface area contributed by atoms with Crippen LogP contribution in [0.2, 0.25) is 0 Å². The van der Waals surface area contributed by atoms with Gasteiger partial charge in [0.2, 0.25) is 0 Å². The Morgan fingerprint density at radius 3 is 2.34 bits per heavy atom. The molecule has 2 heterocycles. The summed E-state index contributed by atoms with van der Waals surface area (Å²) >= 11 is 3.02. The molecule has 4 rings (SSSR count). The van der Waals surface area contributed by atoms with Crippen LogP contribution in [0.1, 0.15) is 48.8 Å². The lowest BCUT2D eigenvalue weighted by molar-refractivity contribution is -0.140. The Bertz CT molecular complexity index is 1050. The topological polar surface area (TPSA) is 26.7 Å². The number of piperidine rings is 2. The minimum atomic E-state index is -4.60. The second kappa shape index (κ2) is 9.59. The summed E-state index contributed by atoms with van der Waals surface area (Å²) in [5, 5.41) is 11.1. The van der Waals surface area contributed by atoms with Crippen molar-refractivity contribution < 1.29 is 31.4 Å².